The van der Waals surface area contributed by atoms with Crippen molar-refractivity contribution in [3.05, 3.63) is 21.9 Å². The van der Waals surface area contributed by atoms with Crippen molar-refractivity contribution in [3.63, 3.8) is 0 Å². The van der Waals surface area contributed by atoms with Crippen molar-refractivity contribution in [2.24, 2.45) is 5.92 Å². The molecule has 2 unspecified atom stereocenters. The predicted molar refractivity (Wildman–Crippen MR) is 73.8 cm³/mol. The van der Waals surface area contributed by atoms with E-state index >= 15 is 0 Å². The fraction of sp³-hybridized carbons (Fsp3) is 0.571. The molecule has 0 spiro atoms. The number of hydrogen-bond acceptors (Lipinski definition) is 3. The van der Waals surface area contributed by atoms with Crippen molar-refractivity contribution in [3.8, 4) is 0 Å². The van der Waals surface area contributed by atoms with Crippen LogP contribution in [0.15, 0.2) is 12.1 Å². The van der Waals surface area contributed by atoms with E-state index in [9.17, 15) is 9.59 Å². The summed E-state index contributed by atoms with van der Waals surface area (Å²) in [6, 6.07) is 3.81. The zero-order valence-corrected chi connectivity index (χ0v) is 12.0. The number of nitrogens with one attached hydrogen (secondary N) is 1. The molecular formula is C14H18N2O2S. The monoisotopic (exact) mass is 278 g/mol. The van der Waals surface area contributed by atoms with Crippen LogP contribution >= 0.6 is 11.3 Å². The zero-order valence-electron chi connectivity index (χ0n) is 11.2. The first-order chi connectivity index (χ1) is 9.06. The lowest BCUT2D eigenvalue weighted by Crippen LogP contribution is -2.59. The Balaban J connectivity index is 1.81. The summed E-state index contributed by atoms with van der Waals surface area (Å²) < 4.78 is 0. The van der Waals surface area contributed by atoms with E-state index in [1.807, 2.05) is 6.92 Å². The van der Waals surface area contributed by atoms with Gasteiger partial charge in [0.05, 0.1) is 6.04 Å². The van der Waals surface area contributed by atoms with Gasteiger partial charge in [-0.15, -0.1) is 11.3 Å². The topological polar surface area (TPSA) is 49.4 Å². The van der Waals surface area contributed by atoms with Gasteiger partial charge >= 0.3 is 0 Å². The molecule has 1 aliphatic carbocycles. The normalized spacial score (nSPS) is 25.4. The number of hydrogen-bond donors (Lipinski definition) is 1. The Hall–Kier alpha value is -1.36. The minimum Gasteiger partial charge on any atom is -0.342 e. The van der Waals surface area contributed by atoms with E-state index in [2.05, 4.69) is 24.4 Å². The lowest BCUT2D eigenvalue weighted by atomic mass is 10.1. The highest BCUT2D eigenvalue weighted by Gasteiger charge is 2.44. The third-order valence-electron chi connectivity index (χ3n) is 3.91. The molecule has 19 heavy (non-hydrogen) atoms. The fourth-order valence-corrected chi connectivity index (χ4v) is 3.54. The molecule has 1 N–H and O–H groups in total. The van der Waals surface area contributed by atoms with Gasteiger partial charge in [0.2, 0.25) is 11.8 Å². The molecule has 1 saturated carbocycles. The standard InChI is InChI=1S/C14H18N2O2S/c1-8-3-6-11(19-8)9(2)16-7-12(17)15-13(14(16)18)10-4-5-10/h3,6,9-10,13H,4-5,7H2,1-2H3,(H,15,17). The average molecular weight is 278 g/mol. The molecule has 3 rings (SSSR count). The third kappa shape index (κ3) is 2.39. The van der Waals surface area contributed by atoms with E-state index in [1.54, 1.807) is 16.2 Å². The number of nitrogens with zero attached hydrogens (tertiary/aromatic N) is 1. The summed E-state index contributed by atoms with van der Waals surface area (Å²) in [6.45, 7) is 4.24. The Labute approximate surface area is 116 Å². The van der Waals surface area contributed by atoms with Gasteiger partial charge in [-0.05, 0) is 44.7 Å². The quantitative estimate of drug-likeness (QED) is 0.917. The summed E-state index contributed by atoms with van der Waals surface area (Å²) >= 11 is 1.69. The van der Waals surface area contributed by atoms with E-state index in [-0.39, 0.29) is 30.4 Å². The van der Waals surface area contributed by atoms with Crippen LogP contribution in [0.2, 0.25) is 0 Å². The molecule has 1 aromatic rings. The van der Waals surface area contributed by atoms with Gasteiger partial charge in [-0.25, -0.2) is 0 Å². The van der Waals surface area contributed by atoms with Crippen molar-refractivity contribution >= 4 is 23.2 Å². The molecule has 4 nitrogen and oxygen atoms in total. The summed E-state index contributed by atoms with van der Waals surface area (Å²) in [4.78, 5) is 28.4. The molecule has 2 atom stereocenters. The summed E-state index contributed by atoms with van der Waals surface area (Å²) in [5.41, 5.74) is 0. The van der Waals surface area contributed by atoms with Crippen molar-refractivity contribution < 1.29 is 9.59 Å². The van der Waals surface area contributed by atoms with E-state index in [0.717, 1.165) is 17.7 Å². The van der Waals surface area contributed by atoms with Gasteiger partial charge < -0.3 is 10.2 Å². The molecule has 2 amide bonds. The minimum atomic E-state index is -0.287. The number of carbonyl (C=O) groups is 2. The van der Waals surface area contributed by atoms with Crippen molar-refractivity contribution in [1.29, 1.82) is 0 Å². The summed E-state index contributed by atoms with van der Waals surface area (Å²) in [5, 5.41) is 2.84. The van der Waals surface area contributed by atoms with Crippen LogP contribution in [0.25, 0.3) is 0 Å². The SMILES string of the molecule is Cc1ccc(C(C)N2CC(=O)NC(C3CC3)C2=O)s1. The Bertz CT molecular complexity index is 521. The Morgan fingerprint density at radius 1 is 1.37 bits per heavy atom. The van der Waals surface area contributed by atoms with Crippen LogP contribution in [0.5, 0.6) is 0 Å². The summed E-state index contributed by atoms with van der Waals surface area (Å²) in [7, 11) is 0. The number of rotatable bonds is 3. The first-order valence-electron chi connectivity index (χ1n) is 6.72. The maximum absolute atomic E-state index is 12.5. The molecule has 2 fully saturated rings. The van der Waals surface area contributed by atoms with E-state index in [1.165, 1.54) is 4.88 Å². The van der Waals surface area contributed by atoms with Gasteiger partial charge in [0, 0.05) is 9.75 Å². The fourth-order valence-electron chi connectivity index (χ4n) is 2.60. The van der Waals surface area contributed by atoms with Gasteiger partial charge in [-0.3, -0.25) is 9.59 Å². The largest absolute Gasteiger partial charge is 0.342 e. The number of carbonyl (C=O) groups excluding carboxylic acids is 2. The van der Waals surface area contributed by atoms with Crippen LogP contribution in [0.3, 0.4) is 0 Å². The second kappa shape index (κ2) is 4.63. The van der Waals surface area contributed by atoms with Crippen LogP contribution in [0.1, 0.15) is 35.6 Å². The van der Waals surface area contributed by atoms with Crippen LogP contribution in [0.4, 0.5) is 0 Å². The van der Waals surface area contributed by atoms with Gasteiger partial charge in [0.15, 0.2) is 0 Å². The molecular weight excluding hydrogens is 260 g/mol. The van der Waals surface area contributed by atoms with Crippen LogP contribution in [-0.4, -0.2) is 29.3 Å². The minimum absolute atomic E-state index is 0.0153. The summed E-state index contributed by atoms with van der Waals surface area (Å²) in [6.07, 6.45) is 2.11. The molecule has 102 valence electrons. The molecule has 0 bridgehead atoms. The maximum Gasteiger partial charge on any atom is 0.246 e. The van der Waals surface area contributed by atoms with Gasteiger partial charge in [-0.1, -0.05) is 0 Å². The zero-order chi connectivity index (χ0) is 13.6. The van der Waals surface area contributed by atoms with Gasteiger partial charge in [0.1, 0.15) is 12.6 Å². The number of piperazine rings is 1. The van der Waals surface area contributed by atoms with Crippen LogP contribution in [-0.2, 0) is 9.59 Å². The average Bonchev–Trinajstić information content (AvgIpc) is 3.13. The van der Waals surface area contributed by atoms with Crippen LogP contribution < -0.4 is 5.32 Å². The Morgan fingerprint density at radius 3 is 2.68 bits per heavy atom. The number of amides is 2. The Morgan fingerprint density at radius 2 is 2.11 bits per heavy atom. The van der Waals surface area contributed by atoms with Crippen molar-refractivity contribution in [2.45, 2.75) is 38.8 Å². The summed E-state index contributed by atoms with van der Waals surface area (Å²) in [5.74, 6) is 0.411. The van der Waals surface area contributed by atoms with Crippen LogP contribution in [0, 0.1) is 12.8 Å². The van der Waals surface area contributed by atoms with E-state index < -0.39 is 0 Å². The second-order valence-electron chi connectivity index (χ2n) is 5.47. The lowest BCUT2D eigenvalue weighted by molar-refractivity contribution is -0.147. The predicted octanol–water partition coefficient (Wildman–Crippen LogP) is 1.85. The second-order valence-corrected chi connectivity index (χ2v) is 6.79. The van der Waals surface area contributed by atoms with Crippen molar-refractivity contribution in [2.75, 3.05) is 6.54 Å². The van der Waals surface area contributed by atoms with E-state index in [4.69, 9.17) is 0 Å². The lowest BCUT2D eigenvalue weighted by Gasteiger charge is -2.36. The highest BCUT2D eigenvalue weighted by molar-refractivity contribution is 7.12. The highest BCUT2D eigenvalue weighted by atomic mass is 32.1. The first kappa shape index (κ1) is 12.7. The van der Waals surface area contributed by atoms with E-state index in [0.29, 0.717) is 5.92 Å². The molecule has 2 heterocycles. The van der Waals surface area contributed by atoms with Gasteiger partial charge in [-0.2, -0.15) is 0 Å². The molecule has 1 aliphatic heterocycles. The third-order valence-corrected chi connectivity index (χ3v) is 5.08. The molecule has 0 radical (unpaired) electrons. The maximum atomic E-state index is 12.5. The molecule has 0 aromatic carbocycles. The molecule has 5 heteroatoms. The number of thiophene rings is 1. The van der Waals surface area contributed by atoms with Crippen molar-refractivity contribution in [1.82, 2.24) is 10.2 Å². The molecule has 1 saturated heterocycles. The van der Waals surface area contributed by atoms with Gasteiger partial charge in [0.25, 0.3) is 0 Å². The molecule has 2 aliphatic rings. The first-order valence-corrected chi connectivity index (χ1v) is 7.54. The highest BCUT2D eigenvalue weighted by Crippen LogP contribution is 2.36. The smallest absolute Gasteiger partial charge is 0.246 e. The Kier molecular flexibility index (Phi) is 3.09. The number of aryl methyl sites for hydroxylation is 1. The molecule has 1 aromatic heterocycles.